The van der Waals surface area contributed by atoms with Gasteiger partial charge in [0.15, 0.2) is 0 Å². The van der Waals surface area contributed by atoms with E-state index >= 15 is 0 Å². The molecule has 0 bridgehead atoms. The van der Waals surface area contributed by atoms with Crippen molar-refractivity contribution in [2.24, 2.45) is 0 Å². The lowest BCUT2D eigenvalue weighted by Gasteiger charge is -2.29. The van der Waals surface area contributed by atoms with Crippen LogP contribution in [-0.4, -0.2) is 40.8 Å². The molecule has 0 aliphatic heterocycles. The van der Waals surface area contributed by atoms with Gasteiger partial charge in [-0.25, -0.2) is 12.8 Å². The summed E-state index contributed by atoms with van der Waals surface area (Å²) in [5.41, 5.74) is 0.374. The van der Waals surface area contributed by atoms with E-state index in [-0.39, 0.29) is 22.1 Å². The molecular weight excluding hydrogens is 411 g/mol. The number of carbonyl (C=O) groups is 1. The first-order chi connectivity index (χ1) is 13.1. The maximum absolute atomic E-state index is 13.3. The van der Waals surface area contributed by atoms with Crippen molar-refractivity contribution >= 4 is 38.9 Å². The second-order valence-corrected chi connectivity index (χ2v) is 8.16. The van der Waals surface area contributed by atoms with E-state index in [0.717, 1.165) is 16.6 Å². The van der Waals surface area contributed by atoms with Crippen molar-refractivity contribution < 1.29 is 27.1 Å². The Balaban J connectivity index is 2.43. The van der Waals surface area contributed by atoms with Crippen LogP contribution in [0.3, 0.4) is 0 Å². The topological polar surface area (TPSA) is 84.9 Å². The zero-order chi connectivity index (χ0) is 21.1. The van der Waals surface area contributed by atoms with Gasteiger partial charge in [-0.05, 0) is 37.3 Å². The Morgan fingerprint density at radius 3 is 2.39 bits per heavy atom. The summed E-state index contributed by atoms with van der Waals surface area (Å²) in [6.45, 7) is 1.42. The van der Waals surface area contributed by atoms with Gasteiger partial charge in [0, 0.05) is 11.8 Å². The molecule has 1 N–H and O–H groups in total. The third-order valence-corrected chi connectivity index (χ3v) is 5.42. The minimum Gasteiger partial charge on any atom is -0.497 e. The summed E-state index contributed by atoms with van der Waals surface area (Å²) in [5, 5.41) is 2.36. The third-order valence-electron chi connectivity index (χ3n) is 3.90. The quantitative estimate of drug-likeness (QED) is 0.728. The molecule has 10 heteroatoms. The maximum atomic E-state index is 13.3. The first-order valence-electron chi connectivity index (χ1n) is 8.05. The van der Waals surface area contributed by atoms with Gasteiger partial charge in [0.2, 0.25) is 15.9 Å². The molecule has 0 aliphatic carbocycles. The van der Waals surface area contributed by atoms with Crippen molar-refractivity contribution in [3.05, 3.63) is 47.2 Å². The highest BCUT2D eigenvalue weighted by molar-refractivity contribution is 7.92. The lowest BCUT2D eigenvalue weighted by atomic mass is 10.2. The van der Waals surface area contributed by atoms with E-state index in [2.05, 4.69) is 5.32 Å². The third kappa shape index (κ3) is 4.85. The summed E-state index contributed by atoms with van der Waals surface area (Å²) in [6, 6.07) is 7.10. The molecule has 0 aromatic heterocycles. The minimum absolute atomic E-state index is 0.143. The minimum atomic E-state index is -3.88. The molecular formula is C18H20ClFN2O5S. The highest BCUT2D eigenvalue weighted by atomic mass is 35.5. The van der Waals surface area contributed by atoms with Gasteiger partial charge in [-0.2, -0.15) is 0 Å². The lowest BCUT2D eigenvalue weighted by molar-refractivity contribution is -0.116. The number of nitrogens with one attached hydrogen (secondary N) is 1. The molecule has 0 saturated heterocycles. The van der Waals surface area contributed by atoms with E-state index < -0.39 is 27.8 Å². The number of anilines is 2. The normalized spacial score (nSPS) is 12.2. The number of sulfonamides is 1. The van der Waals surface area contributed by atoms with E-state index in [4.69, 9.17) is 21.1 Å². The lowest BCUT2D eigenvalue weighted by Crippen LogP contribution is -2.45. The number of rotatable bonds is 7. The molecule has 1 atom stereocenters. The van der Waals surface area contributed by atoms with Gasteiger partial charge in [-0.1, -0.05) is 11.6 Å². The van der Waals surface area contributed by atoms with Crippen LogP contribution in [0, 0.1) is 5.82 Å². The highest BCUT2D eigenvalue weighted by Gasteiger charge is 2.31. The molecule has 152 valence electrons. The first-order valence-corrected chi connectivity index (χ1v) is 10.3. The monoisotopic (exact) mass is 430 g/mol. The Kier molecular flexibility index (Phi) is 6.73. The van der Waals surface area contributed by atoms with Crippen molar-refractivity contribution in [3.8, 4) is 11.5 Å². The summed E-state index contributed by atoms with van der Waals surface area (Å²) in [5.74, 6) is -0.636. The summed E-state index contributed by atoms with van der Waals surface area (Å²) < 4.78 is 49.6. The predicted octanol–water partition coefficient (Wildman–Crippen LogP) is 3.29. The molecule has 0 saturated carbocycles. The molecule has 0 unspecified atom stereocenters. The van der Waals surface area contributed by atoms with Gasteiger partial charge in [-0.15, -0.1) is 0 Å². The van der Waals surface area contributed by atoms with E-state index in [1.165, 1.54) is 45.4 Å². The molecule has 0 heterocycles. The number of carbonyl (C=O) groups excluding carboxylic acids is 1. The summed E-state index contributed by atoms with van der Waals surface area (Å²) in [7, 11) is -1.05. The second-order valence-electron chi connectivity index (χ2n) is 5.89. The van der Waals surface area contributed by atoms with E-state index in [1.807, 2.05) is 0 Å². The van der Waals surface area contributed by atoms with Gasteiger partial charge in [0.1, 0.15) is 23.4 Å². The predicted molar refractivity (Wildman–Crippen MR) is 106 cm³/mol. The van der Waals surface area contributed by atoms with Crippen LogP contribution < -0.4 is 19.1 Å². The number of nitrogens with zero attached hydrogens (tertiary/aromatic N) is 1. The average molecular weight is 431 g/mol. The van der Waals surface area contributed by atoms with Crippen LogP contribution in [0.15, 0.2) is 36.4 Å². The maximum Gasteiger partial charge on any atom is 0.247 e. The second kappa shape index (κ2) is 8.66. The fourth-order valence-corrected chi connectivity index (χ4v) is 3.92. The van der Waals surface area contributed by atoms with Gasteiger partial charge < -0.3 is 14.8 Å². The van der Waals surface area contributed by atoms with Crippen LogP contribution in [0.5, 0.6) is 11.5 Å². The van der Waals surface area contributed by atoms with Crippen molar-refractivity contribution in [3.63, 3.8) is 0 Å². The smallest absolute Gasteiger partial charge is 0.247 e. The molecule has 0 fully saturated rings. The number of benzene rings is 2. The van der Waals surface area contributed by atoms with E-state index in [0.29, 0.717) is 5.75 Å². The molecule has 2 aromatic rings. The Hall–Kier alpha value is -2.52. The van der Waals surface area contributed by atoms with E-state index in [9.17, 15) is 17.6 Å². The zero-order valence-corrected chi connectivity index (χ0v) is 17.3. The van der Waals surface area contributed by atoms with Gasteiger partial charge >= 0.3 is 0 Å². The van der Waals surface area contributed by atoms with Crippen molar-refractivity contribution in [2.75, 3.05) is 30.1 Å². The van der Waals surface area contributed by atoms with E-state index in [1.54, 1.807) is 6.07 Å². The average Bonchev–Trinajstić information content (AvgIpc) is 2.63. The fourth-order valence-electron chi connectivity index (χ4n) is 2.57. The molecule has 0 aliphatic rings. The van der Waals surface area contributed by atoms with Crippen molar-refractivity contribution in [1.82, 2.24) is 0 Å². The standard InChI is InChI=1S/C18H20ClFN2O5S/c1-11(18(23)21-12-5-7-15(20)14(19)9-12)22(28(4,24)25)16-10-13(26-2)6-8-17(16)27-3/h5-11H,1-4H3,(H,21,23)/t11-/m1/s1. The summed E-state index contributed by atoms with van der Waals surface area (Å²) >= 11 is 5.72. The number of ether oxygens (including phenoxy) is 2. The highest BCUT2D eigenvalue weighted by Crippen LogP contribution is 2.35. The number of halogens is 2. The van der Waals surface area contributed by atoms with Crippen molar-refractivity contribution in [1.29, 1.82) is 0 Å². The van der Waals surface area contributed by atoms with Gasteiger partial charge in [0.25, 0.3) is 0 Å². The zero-order valence-electron chi connectivity index (χ0n) is 15.7. The number of hydrogen-bond acceptors (Lipinski definition) is 5. The summed E-state index contributed by atoms with van der Waals surface area (Å²) in [6.07, 6.45) is 0.977. The van der Waals surface area contributed by atoms with Crippen LogP contribution in [0.1, 0.15) is 6.92 Å². The van der Waals surface area contributed by atoms with Gasteiger partial charge in [0.05, 0.1) is 31.2 Å². The molecule has 0 spiro atoms. The summed E-state index contributed by atoms with van der Waals surface area (Å²) in [4.78, 5) is 12.7. The van der Waals surface area contributed by atoms with Crippen LogP contribution in [-0.2, 0) is 14.8 Å². The Bertz CT molecular complexity index is 984. The van der Waals surface area contributed by atoms with Crippen molar-refractivity contribution in [2.45, 2.75) is 13.0 Å². The molecule has 1 amide bonds. The SMILES string of the molecule is COc1ccc(OC)c(N([C@H](C)C(=O)Nc2ccc(F)c(Cl)c2)S(C)(=O)=O)c1. The number of methoxy groups -OCH3 is 2. The Morgan fingerprint density at radius 1 is 1.18 bits per heavy atom. The van der Waals surface area contributed by atoms with Gasteiger partial charge in [-0.3, -0.25) is 9.10 Å². The van der Waals surface area contributed by atoms with Crippen LogP contribution in [0.2, 0.25) is 5.02 Å². The number of amides is 1. The Morgan fingerprint density at radius 2 is 1.86 bits per heavy atom. The molecule has 2 rings (SSSR count). The largest absolute Gasteiger partial charge is 0.497 e. The first kappa shape index (κ1) is 21.8. The number of hydrogen-bond donors (Lipinski definition) is 1. The Labute approximate surface area is 168 Å². The van der Waals surface area contributed by atoms with Crippen LogP contribution in [0.4, 0.5) is 15.8 Å². The molecule has 7 nitrogen and oxygen atoms in total. The fraction of sp³-hybridized carbons (Fsp3) is 0.278. The molecule has 2 aromatic carbocycles. The molecule has 0 radical (unpaired) electrons. The molecule has 28 heavy (non-hydrogen) atoms. The van der Waals surface area contributed by atoms with Crippen LogP contribution in [0.25, 0.3) is 0 Å². The van der Waals surface area contributed by atoms with Crippen LogP contribution >= 0.6 is 11.6 Å².